The third kappa shape index (κ3) is 9.92. The van der Waals surface area contributed by atoms with Crippen molar-refractivity contribution < 1.29 is 13.3 Å². The highest BCUT2D eigenvalue weighted by atomic mass is 28.4. The van der Waals surface area contributed by atoms with E-state index in [4.69, 9.17) is 13.3 Å². The molecule has 0 N–H and O–H groups in total. The van der Waals surface area contributed by atoms with Gasteiger partial charge in [0, 0.05) is 25.9 Å². The Morgan fingerprint density at radius 2 is 1.45 bits per heavy atom. The molecule has 0 bridgehead atoms. The number of hydrogen-bond donors (Lipinski definition) is 0. The Morgan fingerprint density at radius 1 is 0.800 bits per heavy atom. The number of hydrogen-bond acceptors (Lipinski definition) is 3. The van der Waals surface area contributed by atoms with Crippen LogP contribution in [-0.2, 0) is 13.3 Å². The van der Waals surface area contributed by atoms with Crippen molar-refractivity contribution >= 4 is 8.80 Å². The topological polar surface area (TPSA) is 27.7 Å². The molecule has 0 heterocycles. The summed E-state index contributed by atoms with van der Waals surface area (Å²) in [5, 5.41) is 0. The quantitative estimate of drug-likeness (QED) is 0.333. The molecule has 0 aliphatic carbocycles. The van der Waals surface area contributed by atoms with E-state index in [1.165, 1.54) is 19.3 Å². The smallest absolute Gasteiger partial charge is 0.374 e. The summed E-state index contributed by atoms with van der Waals surface area (Å²) in [6, 6.07) is 0.969. The lowest BCUT2D eigenvalue weighted by Crippen LogP contribution is -2.46. The first-order valence-corrected chi connectivity index (χ1v) is 10.4. The molecule has 0 saturated carbocycles. The van der Waals surface area contributed by atoms with E-state index in [2.05, 4.69) is 20.8 Å². The van der Waals surface area contributed by atoms with Gasteiger partial charge in [-0.15, -0.1) is 0 Å². The third-order valence-electron chi connectivity index (χ3n) is 3.31. The van der Waals surface area contributed by atoms with E-state index in [1.807, 2.05) is 13.8 Å². The van der Waals surface area contributed by atoms with Crippen molar-refractivity contribution in [2.75, 3.05) is 19.8 Å². The molecule has 3 nitrogen and oxygen atoms in total. The van der Waals surface area contributed by atoms with Crippen LogP contribution in [0.4, 0.5) is 0 Å². The predicted octanol–water partition coefficient (Wildman–Crippen LogP) is 5.03. The minimum Gasteiger partial charge on any atom is -0.374 e. The Hall–Kier alpha value is 0.0969. The molecule has 0 rings (SSSR count). The van der Waals surface area contributed by atoms with Gasteiger partial charge in [0.2, 0.25) is 0 Å². The van der Waals surface area contributed by atoms with Crippen molar-refractivity contribution in [2.24, 2.45) is 5.92 Å². The molecule has 0 aliphatic heterocycles. The van der Waals surface area contributed by atoms with Crippen LogP contribution in [0.15, 0.2) is 0 Å². The maximum absolute atomic E-state index is 6.07. The van der Waals surface area contributed by atoms with Gasteiger partial charge in [-0.25, -0.2) is 0 Å². The van der Waals surface area contributed by atoms with Crippen molar-refractivity contribution in [1.82, 2.24) is 0 Å². The van der Waals surface area contributed by atoms with E-state index < -0.39 is 8.80 Å². The van der Waals surface area contributed by atoms with Crippen LogP contribution < -0.4 is 0 Å². The van der Waals surface area contributed by atoms with Gasteiger partial charge in [-0.05, 0) is 32.6 Å². The summed E-state index contributed by atoms with van der Waals surface area (Å²) in [5.74, 6) is 0.802. The average molecular weight is 305 g/mol. The van der Waals surface area contributed by atoms with Crippen molar-refractivity contribution in [3.63, 3.8) is 0 Å². The van der Waals surface area contributed by atoms with Crippen LogP contribution >= 0.6 is 0 Å². The van der Waals surface area contributed by atoms with Gasteiger partial charge in [0.25, 0.3) is 0 Å². The van der Waals surface area contributed by atoms with Crippen LogP contribution in [0.5, 0.6) is 0 Å². The Morgan fingerprint density at radius 3 is 1.95 bits per heavy atom. The van der Waals surface area contributed by atoms with E-state index in [9.17, 15) is 0 Å². The molecule has 0 aromatic rings. The largest absolute Gasteiger partial charge is 0.500 e. The van der Waals surface area contributed by atoms with Gasteiger partial charge in [-0.1, -0.05) is 46.5 Å². The maximum Gasteiger partial charge on any atom is 0.500 e. The first-order valence-electron chi connectivity index (χ1n) is 8.52. The molecule has 0 atom stereocenters. The summed E-state index contributed by atoms with van der Waals surface area (Å²) in [4.78, 5) is 0. The highest BCUT2D eigenvalue weighted by molar-refractivity contribution is 6.60. The standard InChI is InChI=1S/C16H36O3Si/c1-6-9-14-19-20(17-7-2,18-8-3)15-12-10-11-13-16(4)5/h16H,6-15H2,1-5H3. The molecule has 4 heteroatoms. The predicted molar refractivity (Wildman–Crippen MR) is 88.0 cm³/mol. The van der Waals surface area contributed by atoms with Crippen LogP contribution in [0.2, 0.25) is 6.04 Å². The third-order valence-corrected chi connectivity index (χ3v) is 6.38. The zero-order chi connectivity index (χ0) is 15.3. The second kappa shape index (κ2) is 12.8. The van der Waals surface area contributed by atoms with E-state index in [0.717, 1.165) is 37.8 Å². The fraction of sp³-hybridized carbons (Fsp3) is 1.00. The fourth-order valence-electron chi connectivity index (χ4n) is 2.22. The molecule has 0 aliphatic rings. The summed E-state index contributed by atoms with van der Waals surface area (Å²) in [5.41, 5.74) is 0. The van der Waals surface area contributed by atoms with Gasteiger partial charge in [-0.3, -0.25) is 0 Å². The highest BCUT2D eigenvalue weighted by Crippen LogP contribution is 2.21. The van der Waals surface area contributed by atoms with E-state index in [1.54, 1.807) is 0 Å². The van der Waals surface area contributed by atoms with Gasteiger partial charge in [0.1, 0.15) is 0 Å². The first-order chi connectivity index (χ1) is 9.60. The Labute approximate surface area is 127 Å². The number of rotatable bonds is 14. The summed E-state index contributed by atoms with van der Waals surface area (Å²) >= 11 is 0. The molecule has 122 valence electrons. The molecule has 0 spiro atoms. The minimum atomic E-state index is -2.41. The second-order valence-electron chi connectivity index (χ2n) is 5.74. The molecule has 0 fully saturated rings. The maximum atomic E-state index is 6.07. The SMILES string of the molecule is CCCCO[Si](CCCCCC(C)C)(OCC)OCC. The lowest BCUT2D eigenvalue weighted by molar-refractivity contribution is 0.0654. The lowest BCUT2D eigenvalue weighted by Gasteiger charge is -2.29. The van der Waals surface area contributed by atoms with Gasteiger partial charge < -0.3 is 13.3 Å². The van der Waals surface area contributed by atoms with E-state index >= 15 is 0 Å². The fourth-order valence-corrected chi connectivity index (χ4v) is 4.93. The second-order valence-corrected chi connectivity index (χ2v) is 8.48. The Kier molecular flexibility index (Phi) is 12.9. The van der Waals surface area contributed by atoms with Crippen LogP contribution in [0, 0.1) is 5.92 Å². The minimum absolute atomic E-state index is 0.685. The molecule has 20 heavy (non-hydrogen) atoms. The molecule has 0 amide bonds. The van der Waals surface area contributed by atoms with Gasteiger partial charge in [-0.2, -0.15) is 0 Å². The van der Waals surface area contributed by atoms with Crippen LogP contribution in [0.1, 0.15) is 73.1 Å². The molecular formula is C16H36O3Si. The summed E-state index contributed by atoms with van der Waals surface area (Å²) in [7, 11) is -2.41. The summed E-state index contributed by atoms with van der Waals surface area (Å²) in [6.45, 7) is 13.0. The molecule has 0 aromatic carbocycles. The number of unbranched alkanes of at least 4 members (excludes halogenated alkanes) is 3. The zero-order valence-electron chi connectivity index (χ0n) is 14.4. The normalized spacial score (nSPS) is 12.3. The molecule has 0 aromatic heterocycles. The van der Waals surface area contributed by atoms with E-state index in [0.29, 0.717) is 13.2 Å². The summed E-state index contributed by atoms with van der Waals surface area (Å²) in [6.07, 6.45) is 7.26. The summed E-state index contributed by atoms with van der Waals surface area (Å²) < 4.78 is 18.0. The van der Waals surface area contributed by atoms with Crippen molar-refractivity contribution in [2.45, 2.75) is 79.2 Å². The van der Waals surface area contributed by atoms with Crippen molar-refractivity contribution in [3.05, 3.63) is 0 Å². The van der Waals surface area contributed by atoms with Crippen LogP contribution in [0.3, 0.4) is 0 Å². The molecule has 0 radical (unpaired) electrons. The van der Waals surface area contributed by atoms with Crippen LogP contribution in [0.25, 0.3) is 0 Å². The monoisotopic (exact) mass is 304 g/mol. The van der Waals surface area contributed by atoms with Gasteiger partial charge in [0.05, 0.1) is 0 Å². The van der Waals surface area contributed by atoms with E-state index in [-0.39, 0.29) is 0 Å². The van der Waals surface area contributed by atoms with Crippen molar-refractivity contribution in [3.8, 4) is 0 Å². The van der Waals surface area contributed by atoms with Crippen molar-refractivity contribution in [1.29, 1.82) is 0 Å². The Bertz CT molecular complexity index is 204. The Balaban J connectivity index is 4.18. The highest BCUT2D eigenvalue weighted by Gasteiger charge is 2.39. The van der Waals surface area contributed by atoms with Crippen LogP contribution in [-0.4, -0.2) is 28.6 Å². The molecule has 0 unspecified atom stereocenters. The molecule has 0 saturated heterocycles. The average Bonchev–Trinajstić information content (AvgIpc) is 2.39. The zero-order valence-corrected chi connectivity index (χ0v) is 15.4. The van der Waals surface area contributed by atoms with Gasteiger partial charge in [0.15, 0.2) is 0 Å². The lowest BCUT2D eigenvalue weighted by atomic mass is 10.1. The first kappa shape index (κ1) is 20.1. The molecular weight excluding hydrogens is 268 g/mol. The van der Waals surface area contributed by atoms with Gasteiger partial charge >= 0.3 is 8.80 Å².